The summed E-state index contributed by atoms with van der Waals surface area (Å²) in [6, 6.07) is 41.3. The molecule has 0 radical (unpaired) electrons. The molecule has 0 aromatic heterocycles. The minimum absolute atomic E-state index is 0. The molecule has 0 saturated carbocycles. The lowest BCUT2D eigenvalue weighted by atomic mass is 9.78. The molecule has 8 aromatic carbocycles. The summed E-state index contributed by atoms with van der Waals surface area (Å²) in [4.78, 5) is 0. The first-order valence-electron chi connectivity index (χ1n) is 37.2. The average Bonchev–Trinajstić information content (AvgIpc) is 0.780. The third-order valence-corrected chi connectivity index (χ3v) is 30.8. The van der Waals surface area contributed by atoms with Crippen LogP contribution in [0.25, 0.3) is 0 Å². The van der Waals surface area contributed by atoms with Crippen molar-refractivity contribution in [3.8, 4) is 11.5 Å². The molecule has 8 aromatic rings. The van der Waals surface area contributed by atoms with Crippen LogP contribution in [0, 0.1) is 125 Å². The van der Waals surface area contributed by atoms with Crippen molar-refractivity contribution in [2.24, 2.45) is 23.7 Å². The summed E-state index contributed by atoms with van der Waals surface area (Å²) in [5.74, 6) is -31.1. The standard InChI is InChI=1S/2C15H24O.3C6F5.3C6H5.4C4H9.C2H6.2CH3F.4CH4.4Al.4F2/c2*1-10-8-11(14(2,3)4)13(16)12(9-10)15(5,6)7;3*7-2-1-3(8)5(10)6(11)4(2)9;3*1-2-4-6-5-3-1;4*1-4(2)3;3*1-2;;;;;;;;;4*1-2/h2*8-9,16H,1-7H3;;;;3*1-5H;4*4H,1H2,2-3H3;1-2H3;2*1H3;4*1H4;;;;;;;;/q;;;;;;;;;;;;;;;;;;;;;2*+1;;;;/p-2. The van der Waals surface area contributed by atoms with Crippen molar-refractivity contribution in [1.29, 1.82) is 0 Å². The second-order valence-corrected chi connectivity index (χ2v) is 42.7. The zero-order valence-corrected chi connectivity index (χ0v) is 75.8. The summed E-state index contributed by atoms with van der Waals surface area (Å²) in [7, 11) is 1.00. The van der Waals surface area contributed by atoms with Gasteiger partial charge in [-0.05, 0) is 71.9 Å². The Hall–Kier alpha value is -6.26. The van der Waals surface area contributed by atoms with E-state index in [0.29, 0.717) is 31.9 Å². The Balaban J connectivity index is -0.000000272. The van der Waals surface area contributed by atoms with Crippen LogP contribution in [0.5, 0.6) is 11.5 Å². The minimum atomic E-state index is -4.11. The predicted molar refractivity (Wildman–Crippen MR) is 457 cm³/mol. The molecule has 0 unspecified atom stereocenters. The fourth-order valence-electron chi connectivity index (χ4n) is 12.4. The summed E-state index contributed by atoms with van der Waals surface area (Å²) in [6.07, 6.45) is 0. The molecule has 121 heavy (non-hydrogen) atoms. The fourth-order valence-corrected chi connectivity index (χ4v) is 24.5. The molecule has 0 amide bonds. The van der Waals surface area contributed by atoms with Crippen molar-refractivity contribution in [1.82, 2.24) is 0 Å². The molecule has 2 nitrogen and oxygen atoms in total. The maximum Gasteiger partial charge on any atom is 0.595 e. The van der Waals surface area contributed by atoms with E-state index in [1.54, 1.807) is 0 Å². The van der Waals surface area contributed by atoms with Gasteiger partial charge in [-0.15, -0.1) is 0 Å². The number of hydrogen-bond donors (Lipinski definition) is 0. The van der Waals surface area contributed by atoms with E-state index in [9.17, 15) is 74.6 Å². The normalized spacial score (nSPS) is 10.4. The van der Waals surface area contributed by atoms with Gasteiger partial charge in [-0.3, -0.25) is 8.78 Å². The first-order chi connectivity index (χ1) is 54.5. The van der Waals surface area contributed by atoms with E-state index in [-0.39, 0.29) is 62.6 Å². The average molecular weight is 1820 g/mol. The molecule has 0 bridgehead atoms. The molecule has 0 saturated heterocycles. The van der Waals surface area contributed by atoms with Gasteiger partial charge in [-0.2, -0.15) is 0 Å². The van der Waals surface area contributed by atoms with E-state index in [1.807, 2.05) is 88.3 Å². The van der Waals surface area contributed by atoms with Gasteiger partial charge in [0.15, 0.2) is 87.3 Å². The van der Waals surface area contributed by atoms with Gasteiger partial charge in [0.05, 0.1) is 25.9 Å². The smallest absolute Gasteiger partial charge is 0.595 e. The van der Waals surface area contributed by atoms with Crippen molar-refractivity contribution >= 4 is 83.8 Å². The first-order valence-corrected chi connectivity index (χ1v) is 44.9. The second kappa shape index (κ2) is 61.2. The molecule has 0 aliphatic heterocycles. The SMILES string of the molecule is C.C.C.C.CC.CC(C)[CH2][Al]([c]1c(F)c(F)c(F)c(F)c1F)[c]1c(F)c(F)c(F)c(F)c1F.CF.CF.Cc1cc(C(C)(C)C)c([O][Al]([CH2]C(C)C)[CH2]C(C)C)c(C(C)(C)C)c1.Cc1cc(C(C)(C)C)c([O][Al]([CH2]C(C)C)[c]2c(F)c(F)c(F)c(F)c2F)c(C(C)(C)C)c1.FF.FF.FF.FF.c1cc[c]([Al]([c]2ccccc2)[c]2ccccc2)cc1. The summed E-state index contributed by atoms with van der Waals surface area (Å²) in [6.45, 7) is 49.8. The zero-order chi connectivity index (χ0) is 92.0. The van der Waals surface area contributed by atoms with E-state index in [1.165, 1.54) is 60.1 Å². The molecule has 0 heterocycles. The summed E-state index contributed by atoms with van der Waals surface area (Å²) >= 11 is -9.86. The Morgan fingerprint density at radius 3 is 0.669 bits per heavy atom. The molecule has 0 atom stereocenters. The van der Waals surface area contributed by atoms with Gasteiger partial charge >= 0.3 is 57.3 Å². The number of halogens is 25. The van der Waals surface area contributed by atoms with Gasteiger partial charge in [0.1, 0.15) is 0 Å². The Morgan fingerprint density at radius 2 is 0.471 bits per heavy atom. The summed E-state index contributed by atoms with van der Waals surface area (Å²) in [5, 5.41) is 2.18. The monoisotopic (exact) mass is 1820 g/mol. The summed E-state index contributed by atoms with van der Waals surface area (Å²) < 4.78 is 305. The van der Waals surface area contributed by atoms with Crippen LogP contribution in [0.1, 0.15) is 215 Å². The van der Waals surface area contributed by atoms with Crippen LogP contribution in [0.2, 0.25) is 21.1 Å². The zero-order valence-electron chi connectivity index (χ0n) is 71.2. The third kappa shape index (κ3) is 37.8. The molecular formula is C90H125Al4F25O2. The number of aryl methyl sites for hydroxylation is 2. The van der Waals surface area contributed by atoms with Gasteiger partial charge in [0, 0.05) is 41.0 Å². The highest BCUT2D eigenvalue weighted by Crippen LogP contribution is 2.44. The van der Waals surface area contributed by atoms with Crippen LogP contribution < -0.4 is 34.1 Å². The van der Waals surface area contributed by atoms with Crippen LogP contribution in [-0.2, 0) is 21.7 Å². The largest absolute Gasteiger partial charge is 0.642 e. The molecule has 0 N–H and O–H groups in total. The van der Waals surface area contributed by atoms with Crippen LogP contribution >= 0.6 is 0 Å². The molecule has 0 fully saturated rings. The lowest BCUT2D eigenvalue weighted by molar-refractivity contribution is 0.108. The minimum Gasteiger partial charge on any atom is -0.642 e. The van der Waals surface area contributed by atoms with E-state index in [4.69, 9.17) is 44.2 Å². The highest BCUT2D eigenvalue weighted by molar-refractivity contribution is 6.95. The van der Waals surface area contributed by atoms with Crippen LogP contribution in [0.15, 0.2) is 115 Å². The van der Waals surface area contributed by atoms with Gasteiger partial charge in [0.25, 0.3) is 0 Å². The molecule has 0 spiro atoms. The maximum atomic E-state index is 14.8. The maximum absolute atomic E-state index is 14.8. The first kappa shape index (κ1) is 128. The van der Waals surface area contributed by atoms with Crippen molar-refractivity contribution in [2.45, 2.75) is 239 Å². The molecule has 31 heteroatoms. The fraction of sp³-hybridized carbons (Fsp3) is 0.467. The number of benzene rings is 8. The number of hydrogen-bond acceptors (Lipinski definition) is 2. The Morgan fingerprint density at radius 1 is 0.281 bits per heavy atom. The lowest BCUT2D eigenvalue weighted by Crippen LogP contribution is -2.51. The highest BCUT2D eigenvalue weighted by atomic mass is 27.2. The number of rotatable bonds is 18. The van der Waals surface area contributed by atoms with Crippen molar-refractivity contribution in [3.05, 3.63) is 236 Å². The van der Waals surface area contributed by atoms with Crippen LogP contribution in [0.3, 0.4) is 0 Å². The highest BCUT2D eigenvalue weighted by Gasteiger charge is 2.44. The predicted octanol–water partition coefficient (Wildman–Crippen LogP) is 29.1. The van der Waals surface area contributed by atoms with Crippen molar-refractivity contribution in [3.63, 3.8) is 0 Å². The molecular weight excluding hydrogens is 1700 g/mol. The number of alkyl halides is 2. The topological polar surface area (TPSA) is 18.5 Å². The van der Waals surface area contributed by atoms with Crippen molar-refractivity contribution < 1.29 is 119 Å². The third-order valence-electron chi connectivity index (χ3n) is 17.3. The summed E-state index contributed by atoms with van der Waals surface area (Å²) in [5.41, 5.74) is 6.23. The lowest BCUT2D eigenvalue weighted by Gasteiger charge is -2.33. The van der Waals surface area contributed by atoms with Crippen molar-refractivity contribution in [2.75, 3.05) is 14.4 Å². The van der Waals surface area contributed by atoms with Gasteiger partial charge in [0.2, 0.25) is 0 Å². The molecule has 8 rings (SSSR count). The van der Waals surface area contributed by atoms with Gasteiger partial charge < -0.3 is 7.58 Å². The second-order valence-electron chi connectivity index (χ2n) is 32.4. The quantitative estimate of drug-likeness (QED) is 0.0369. The Labute approximate surface area is 722 Å². The van der Waals surface area contributed by atoms with Gasteiger partial charge in [-0.1, -0.05) is 361 Å². The van der Waals surface area contributed by atoms with Crippen LogP contribution in [-0.4, -0.2) is 71.6 Å². The molecule has 0 aliphatic carbocycles. The van der Waals surface area contributed by atoms with E-state index < -0.39 is 169 Å². The van der Waals surface area contributed by atoms with E-state index >= 15 is 0 Å². The van der Waals surface area contributed by atoms with Gasteiger partial charge in [-0.25, -0.2) is 65.9 Å². The molecule has 684 valence electrons. The Kier molecular flexibility index (Phi) is 64.6. The Bertz CT molecular complexity index is 3860. The van der Waals surface area contributed by atoms with E-state index in [2.05, 4.69) is 179 Å². The van der Waals surface area contributed by atoms with Crippen LogP contribution in [0.4, 0.5) is 111 Å². The van der Waals surface area contributed by atoms with E-state index in [0.717, 1.165) is 16.7 Å². The molecule has 0 aliphatic rings.